The van der Waals surface area contributed by atoms with Crippen molar-refractivity contribution >= 4 is 0 Å². The summed E-state index contributed by atoms with van der Waals surface area (Å²) in [5.74, 6) is 2.49. The van der Waals surface area contributed by atoms with Crippen molar-refractivity contribution < 1.29 is 19.0 Å². The van der Waals surface area contributed by atoms with Crippen molar-refractivity contribution in [1.29, 1.82) is 0 Å². The number of hydrogen-bond donors (Lipinski definition) is 1. The van der Waals surface area contributed by atoms with Gasteiger partial charge in [0.05, 0.1) is 19.4 Å². The van der Waals surface area contributed by atoms with Gasteiger partial charge in [-0.3, -0.25) is 4.90 Å². The largest absolute Gasteiger partial charge is 0.493 e. The Labute approximate surface area is 172 Å². The first-order chi connectivity index (χ1) is 14.2. The van der Waals surface area contributed by atoms with Crippen LogP contribution in [0.15, 0.2) is 77.4 Å². The lowest BCUT2D eigenvalue weighted by atomic mass is 10.1. The third kappa shape index (κ3) is 6.97. The number of rotatable bonds is 12. The number of ether oxygens (including phenoxy) is 2. The number of aliphatic hydroxyl groups is 1. The van der Waals surface area contributed by atoms with E-state index in [0.29, 0.717) is 26.2 Å². The first-order valence-electron chi connectivity index (χ1n) is 10.1. The molecule has 1 N–H and O–H groups in total. The standard InChI is InChI=1S/C24H29NO4/c1-2-14-28-24-13-7-6-9-20(24)16-25(18-23-12-8-15-27-23)17-21(26)19-29-22-10-4-3-5-11-22/h3-13,15,21,26H,2,14,16-19H2,1H3. The number of aliphatic hydroxyl groups excluding tert-OH is 1. The second kappa shape index (κ2) is 11.3. The lowest BCUT2D eigenvalue weighted by Crippen LogP contribution is -2.35. The van der Waals surface area contributed by atoms with Crippen LogP contribution in [0.1, 0.15) is 24.7 Å². The van der Waals surface area contributed by atoms with E-state index in [4.69, 9.17) is 13.9 Å². The highest BCUT2D eigenvalue weighted by Gasteiger charge is 2.17. The molecule has 0 radical (unpaired) electrons. The number of benzene rings is 2. The van der Waals surface area contributed by atoms with E-state index < -0.39 is 6.10 Å². The molecule has 0 spiro atoms. The molecule has 3 aromatic rings. The molecule has 5 nitrogen and oxygen atoms in total. The summed E-state index contributed by atoms with van der Waals surface area (Å²) in [5, 5.41) is 10.6. The minimum Gasteiger partial charge on any atom is -0.493 e. The van der Waals surface area contributed by atoms with Crippen LogP contribution in [0, 0.1) is 0 Å². The Hall–Kier alpha value is -2.76. The summed E-state index contributed by atoms with van der Waals surface area (Å²) in [4.78, 5) is 2.14. The molecule has 0 fully saturated rings. The number of nitrogens with zero attached hydrogens (tertiary/aromatic N) is 1. The zero-order chi connectivity index (χ0) is 20.3. The Kier molecular flexibility index (Phi) is 8.16. The van der Waals surface area contributed by atoms with Crippen LogP contribution in [0.3, 0.4) is 0 Å². The van der Waals surface area contributed by atoms with Gasteiger partial charge < -0.3 is 19.0 Å². The highest BCUT2D eigenvalue weighted by Crippen LogP contribution is 2.21. The predicted molar refractivity (Wildman–Crippen MR) is 113 cm³/mol. The molecule has 1 aromatic heterocycles. The Morgan fingerprint density at radius 3 is 2.48 bits per heavy atom. The van der Waals surface area contributed by atoms with E-state index in [2.05, 4.69) is 17.9 Å². The fourth-order valence-corrected chi connectivity index (χ4v) is 3.10. The van der Waals surface area contributed by atoms with Crippen molar-refractivity contribution in [2.45, 2.75) is 32.5 Å². The molecule has 0 saturated carbocycles. The van der Waals surface area contributed by atoms with Crippen molar-refractivity contribution in [3.63, 3.8) is 0 Å². The summed E-state index contributed by atoms with van der Waals surface area (Å²) in [6, 6.07) is 21.4. The van der Waals surface area contributed by atoms with Crippen LogP contribution >= 0.6 is 0 Å². The summed E-state index contributed by atoms with van der Waals surface area (Å²) < 4.78 is 17.1. The molecule has 3 rings (SSSR count). The van der Waals surface area contributed by atoms with Crippen molar-refractivity contribution in [3.05, 3.63) is 84.3 Å². The molecular formula is C24H29NO4. The molecule has 0 aliphatic carbocycles. The third-order valence-corrected chi connectivity index (χ3v) is 4.44. The first-order valence-corrected chi connectivity index (χ1v) is 10.1. The van der Waals surface area contributed by atoms with E-state index in [9.17, 15) is 5.11 Å². The van der Waals surface area contributed by atoms with Gasteiger partial charge in [0.15, 0.2) is 0 Å². The minimum absolute atomic E-state index is 0.229. The molecular weight excluding hydrogens is 366 g/mol. The number of hydrogen-bond acceptors (Lipinski definition) is 5. The molecule has 0 aliphatic heterocycles. The van der Waals surface area contributed by atoms with Gasteiger partial charge in [-0.2, -0.15) is 0 Å². The Balaban J connectivity index is 1.64. The van der Waals surface area contributed by atoms with Crippen LogP contribution < -0.4 is 9.47 Å². The molecule has 2 aromatic carbocycles. The topological polar surface area (TPSA) is 55.1 Å². The maximum absolute atomic E-state index is 10.6. The van der Waals surface area contributed by atoms with Gasteiger partial charge >= 0.3 is 0 Å². The average molecular weight is 395 g/mol. The second-order valence-corrected chi connectivity index (χ2v) is 6.98. The highest BCUT2D eigenvalue weighted by molar-refractivity contribution is 5.33. The van der Waals surface area contributed by atoms with Gasteiger partial charge in [-0.15, -0.1) is 0 Å². The van der Waals surface area contributed by atoms with Crippen molar-refractivity contribution in [2.75, 3.05) is 19.8 Å². The Morgan fingerprint density at radius 2 is 1.72 bits per heavy atom. The molecule has 0 amide bonds. The number of furan rings is 1. The molecule has 1 unspecified atom stereocenters. The fraction of sp³-hybridized carbons (Fsp3) is 0.333. The van der Waals surface area contributed by atoms with E-state index in [1.165, 1.54) is 0 Å². The monoisotopic (exact) mass is 395 g/mol. The maximum atomic E-state index is 10.6. The molecule has 0 saturated heterocycles. The Bertz CT molecular complexity index is 820. The summed E-state index contributed by atoms with van der Waals surface area (Å²) >= 11 is 0. The average Bonchev–Trinajstić information content (AvgIpc) is 3.25. The SMILES string of the molecule is CCCOc1ccccc1CN(Cc1ccco1)CC(O)COc1ccccc1. The number of para-hydroxylation sites is 2. The predicted octanol–water partition coefficient (Wildman–Crippen LogP) is 4.51. The summed E-state index contributed by atoms with van der Waals surface area (Å²) in [6.07, 6.45) is 2.00. The van der Waals surface area contributed by atoms with Gasteiger partial charge in [0.2, 0.25) is 0 Å². The van der Waals surface area contributed by atoms with Crippen LogP contribution in [0.25, 0.3) is 0 Å². The van der Waals surface area contributed by atoms with Gasteiger partial charge in [0, 0.05) is 18.7 Å². The molecule has 154 valence electrons. The van der Waals surface area contributed by atoms with Crippen molar-refractivity contribution in [3.8, 4) is 11.5 Å². The van der Waals surface area contributed by atoms with Gasteiger partial charge in [-0.1, -0.05) is 43.3 Å². The zero-order valence-corrected chi connectivity index (χ0v) is 16.9. The Morgan fingerprint density at radius 1 is 0.931 bits per heavy atom. The van der Waals surface area contributed by atoms with Crippen LogP contribution in [-0.2, 0) is 13.1 Å². The second-order valence-electron chi connectivity index (χ2n) is 6.98. The van der Waals surface area contributed by atoms with E-state index >= 15 is 0 Å². The molecule has 5 heteroatoms. The smallest absolute Gasteiger partial charge is 0.123 e. The minimum atomic E-state index is -0.631. The van der Waals surface area contributed by atoms with Crippen molar-refractivity contribution in [1.82, 2.24) is 4.90 Å². The van der Waals surface area contributed by atoms with Gasteiger partial charge in [-0.25, -0.2) is 0 Å². The fourth-order valence-electron chi connectivity index (χ4n) is 3.10. The third-order valence-electron chi connectivity index (χ3n) is 4.44. The van der Waals surface area contributed by atoms with E-state index in [-0.39, 0.29) is 6.61 Å². The van der Waals surface area contributed by atoms with Crippen LogP contribution in [0.5, 0.6) is 11.5 Å². The van der Waals surface area contributed by atoms with Gasteiger partial charge in [-0.05, 0) is 36.8 Å². The summed E-state index contributed by atoms with van der Waals surface area (Å²) in [6.45, 7) is 4.69. The lowest BCUT2D eigenvalue weighted by Gasteiger charge is -2.25. The molecule has 1 heterocycles. The quantitative estimate of drug-likeness (QED) is 0.489. The highest BCUT2D eigenvalue weighted by atomic mass is 16.5. The zero-order valence-electron chi connectivity index (χ0n) is 16.9. The van der Waals surface area contributed by atoms with E-state index in [1.807, 2.05) is 60.7 Å². The summed E-state index contributed by atoms with van der Waals surface area (Å²) in [5.41, 5.74) is 1.09. The van der Waals surface area contributed by atoms with Crippen molar-refractivity contribution in [2.24, 2.45) is 0 Å². The van der Waals surface area contributed by atoms with E-state index in [1.54, 1.807) is 6.26 Å². The molecule has 29 heavy (non-hydrogen) atoms. The molecule has 1 atom stereocenters. The first kappa shape index (κ1) is 21.0. The molecule has 0 aliphatic rings. The molecule has 0 bridgehead atoms. The van der Waals surface area contributed by atoms with Gasteiger partial charge in [0.1, 0.15) is 30.0 Å². The van der Waals surface area contributed by atoms with Crippen LogP contribution in [0.4, 0.5) is 0 Å². The maximum Gasteiger partial charge on any atom is 0.123 e. The van der Waals surface area contributed by atoms with Crippen LogP contribution in [0.2, 0.25) is 0 Å². The van der Waals surface area contributed by atoms with Crippen LogP contribution in [-0.4, -0.2) is 35.9 Å². The normalized spacial score (nSPS) is 12.1. The summed E-state index contributed by atoms with van der Waals surface area (Å²) in [7, 11) is 0. The van der Waals surface area contributed by atoms with E-state index in [0.717, 1.165) is 29.2 Å². The van der Waals surface area contributed by atoms with Gasteiger partial charge in [0.25, 0.3) is 0 Å². The lowest BCUT2D eigenvalue weighted by molar-refractivity contribution is 0.0601.